The van der Waals surface area contributed by atoms with E-state index >= 15 is 0 Å². The third-order valence-corrected chi connectivity index (χ3v) is 4.54. The Kier molecular flexibility index (Phi) is 4.71. The number of rotatable bonds is 6. The molecule has 0 aliphatic rings. The van der Waals surface area contributed by atoms with Crippen LogP contribution in [-0.4, -0.2) is 11.5 Å². The summed E-state index contributed by atoms with van der Waals surface area (Å²) in [7, 11) is 0. The van der Waals surface area contributed by atoms with Crippen LogP contribution < -0.4 is 5.73 Å². The molecule has 0 saturated carbocycles. The van der Waals surface area contributed by atoms with Gasteiger partial charge in [0.05, 0.1) is 10.7 Å². The molecule has 0 aliphatic carbocycles. The second kappa shape index (κ2) is 6.28. The Labute approximate surface area is 111 Å². The second-order valence-corrected chi connectivity index (χ2v) is 6.23. The minimum absolute atomic E-state index is 0.781. The average molecular weight is 266 g/mol. The average Bonchev–Trinajstić information content (AvgIpc) is 2.93. The van der Waals surface area contributed by atoms with Gasteiger partial charge >= 0.3 is 0 Å². The number of thiazole rings is 1. The van der Waals surface area contributed by atoms with Crippen LogP contribution in [-0.2, 0) is 19.3 Å². The smallest absolute Gasteiger partial charge is 0.0897 e. The summed E-state index contributed by atoms with van der Waals surface area (Å²) in [6.45, 7) is 2.84. The summed E-state index contributed by atoms with van der Waals surface area (Å²) < 4.78 is 0. The quantitative estimate of drug-likeness (QED) is 0.872. The first kappa shape index (κ1) is 12.7. The van der Waals surface area contributed by atoms with Crippen molar-refractivity contribution in [3.63, 3.8) is 0 Å². The van der Waals surface area contributed by atoms with E-state index in [9.17, 15) is 0 Å². The van der Waals surface area contributed by atoms with Crippen molar-refractivity contribution in [2.45, 2.75) is 32.6 Å². The predicted octanol–water partition coefficient (Wildman–Crippen LogP) is 3.19. The Morgan fingerprint density at radius 1 is 1.18 bits per heavy atom. The maximum absolute atomic E-state index is 5.52. The van der Waals surface area contributed by atoms with Gasteiger partial charge in [0.1, 0.15) is 0 Å². The van der Waals surface area contributed by atoms with Crippen molar-refractivity contribution in [3.8, 4) is 0 Å². The summed E-state index contributed by atoms with van der Waals surface area (Å²) in [5.74, 6) is 0. The molecule has 17 heavy (non-hydrogen) atoms. The van der Waals surface area contributed by atoms with Gasteiger partial charge in [-0.2, -0.15) is 0 Å². The van der Waals surface area contributed by atoms with E-state index in [2.05, 4.69) is 28.7 Å². The molecule has 2 N–H and O–H groups in total. The molecule has 0 spiro atoms. The van der Waals surface area contributed by atoms with Crippen LogP contribution in [0.15, 0.2) is 16.8 Å². The van der Waals surface area contributed by atoms with Crippen LogP contribution in [0.4, 0.5) is 0 Å². The monoisotopic (exact) mass is 266 g/mol. The van der Waals surface area contributed by atoms with Crippen molar-refractivity contribution in [3.05, 3.63) is 38.0 Å². The number of thiophene rings is 1. The molecular weight excluding hydrogens is 248 g/mol. The highest BCUT2D eigenvalue weighted by atomic mass is 32.1. The number of nitrogens with two attached hydrogens (primary N) is 1. The van der Waals surface area contributed by atoms with Crippen LogP contribution >= 0.6 is 22.7 Å². The van der Waals surface area contributed by atoms with Gasteiger partial charge in [0, 0.05) is 10.3 Å². The minimum Gasteiger partial charge on any atom is -0.330 e. The molecule has 0 atom stereocenters. The summed E-state index contributed by atoms with van der Waals surface area (Å²) in [4.78, 5) is 5.95. The van der Waals surface area contributed by atoms with Crippen LogP contribution in [0.3, 0.4) is 0 Å². The van der Waals surface area contributed by atoms with Crippen molar-refractivity contribution in [1.82, 2.24) is 4.98 Å². The van der Waals surface area contributed by atoms with Crippen molar-refractivity contribution < 1.29 is 0 Å². The van der Waals surface area contributed by atoms with Crippen LogP contribution in [0.1, 0.15) is 27.6 Å². The fraction of sp³-hybridized carbons (Fsp3) is 0.462. The van der Waals surface area contributed by atoms with Crippen molar-refractivity contribution in [2.75, 3.05) is 6.54 Å². The van der Waals surface area contributed by atoms with Crippen LogP contribution in [0, 0.1) is 6.92 Å². The minimum atomic E-state index is 0.781. The van der Waals surface area contributed by atoms with Gasteiger partial charge in [0.15, 0.2) is 0 Å². The standard InChI is InChI=1S/C13H18N2S2/c1-10-15-12(9-16-10)4-5-13-7-11(8-17-13)3-2-6-14/h7-9H,2-6,14H2,1H3. The third kappa shape index (κ3) is 3.91. The number of aryl methyl sites for hydroxylation is 4. The molecule has 0 aromatic carbocycles. The van der Waals surface area contributed by atoms with E-state index in [1.165, 1.54) is 16.1 Å². The molecule has 2 rings (SSSR count). The summed E-state index contributed by atoms with van der Waals surface area (Å²) in [6.07, 6.45) is 4.36. The number of hydrogen-bond acceptors (Lipinski definition) is 4. The summed E-state index contributed by atoms with van der Waals surface area (Å²) in [5.41, 5.74) is 8.18. The second-order valence-electron chi connectivity index (χ2n) is 4.17. The zero-order valence-electron chi connectivity index (χ0n) is 10.1. The molecule has 2 nitrogen and oxygen atoms in total. The van der Waals surface area contributed by atoms with Crippen LogP contribution in [0.5, 0.6) is 0 Å². The Morgan fingerprint density at radius 3 is 2.76 bits per heavy atom. The van der Waals surface area contributed by atoms with E-state index in [4.69, 9.17) is 5.73 Å². The lowest BCUT2D eigenvalue weighted by atomic mass is 10.1. The zero-order chi connectivity index (χ0) is 12.1. The first-order valence-electron chi connectivity index (χ1n) is 5.95. The molecular formula is C13H18N2S2. The van der Waals surface area contributed by atoms with Gasteiger partial charge < -0.3 is 5.73 Å². The molecule has 2 aromatic heterocycles. The molecule has 0 bridgehead atoms. The van der Waals surface area contributed by atoms with Gasteiger partial charge in [0.2, 0.25) is 0 Å². The number of nitrogens with zero attached hydrogens (tertiary/aromatic N) is 1. The third-order valence-electron chi connectivity index (χ3n) is 2.67. The number of aromatic nitrogens is 1. The molecule has 4 heteroatoms. The van der Waals surface area contributed by atoms with Crippen molar-refractivity contribution in [2.24, 2.45) is 5.73 Å². The lowest BCUT2D eigenvalue weighted by molar-refractivity contribution is 0.833. The van der Waals surface area contributed by atoms with Gasteiger partial charge in [-0.25, -0.2) is 4.98 Å². The Bertz CT molecular complexity index is 459. The Morgan fingerprint density at radius 2 is 2.06 bits per heavy atom. The van der Waals surface area contributed by atoms with E-state index in [0.29, 0.717) is 0 Å². The molecule has 0 radical (unpaired) electrons. The Balaban J connectivity index is 1.84. The van der Waals surface area contributed by atoms with E-state index in [-0.39, 0.29) is 0 Å². The normalized spacial score (nSPS) is 10.9. The fourth-order valence-electron chi connectivity index (χ4n) is 1.77. The topological polar surface area (TPSA) is 38.9 Å². The summed E-state index contributed by atoms with van der Waals surface area (Å²) in [5, 5.41) is 5.59. The van der Waals surface area contributed by atoms with Gasteiger partial charge in [-0.3, -0.25) is 0 Å². The van der Waals surface area contributed by atoms with E-state index in [1.54, 1.807) is 11.3 Å². The highest BCUT2D eigenvalue weighted by molar-refractivity contribution is 7.10. The van der Waals surface area contributed by atoms with Gasteiger partial charge in [-0.1, -0.05) is 0 Å². The molecule has 0 unspecified atom stereocenters. The molecule has 2 heterocycles. The highest BCUT2D eigenvalue weighted by Gasteiger charge is 2.03. The van der Waals surface area contributed by atoms with Gasteiger partial charge in [-0.05, 0) is 56.2 Å². The lowest BCUT2D eigenvalue weighted by Gasteiger charge is -1.95. The number of hydrogen-bond donors (Lipinski definition) is 1. The van der Waals surface area contributed by atoms with Crippen LogP contribution in [0.25, 0.3) is 0 Å². The molecule has 2 aromatic rings. The molecule has 0 amide bonds. The lowest BCUT2D eigenvalue weighted by Crippen LogP contribution is -1.99. The van der Waals surface area contributed by atoms with Gasteiger partial charge in [0.25, 0.3) is 0 Å². The summed E-state index contributed by atoms with van der Waals surface area (Å²) in [6, 6.07) is 2.32. The van der Waals surface area contributed by atoms with Crippen molar-refractivity contribution in [1.29, 1.82) is 0 Å². The van der Waals surface area contributed by atoms with E-state index in [0.717, 1.165) is 37.2 Å². The Hall–Kier alpha value is -0.710. The predicted molar refractivity (Wildman–Crippen MR) is 76.0 cm³/mol. The summed E-state index contributed by atoms with van der Waals surface area (Å²) >= 11 is 3.60. The fourth-order valence-corrected chi connectivity index (χ4v) is 3.34. The first-order chi connectivity index (χ1) is 8.28. The highest BCUT2D eigenvalue weighted by Crippen LogP contribution is 2.19. The van der Waals surface area contributed by atoms with E-state index < -0.39 is 0 Å². The van der Waals surface area contributed by atoms with E-state index in [1.807, 2.05) is 11.3 Å². The molecule has 0 saturated heterocycles. The van der Waals surface area contributed by atoms with Gasteiger partial charge in [-0.15, -0.1) is 22.7 Å². The molecule has 92 valence electrons. The SMILES string of the molecule is Cc1nc(CCc2cc(CCCN)cs2)cs1. The largest absolute Gasteiger partial charge is 0.330 e. The van der Waals surface area contributed by atoms with Crippen molar-refractivity contribution >= 4 is 22.7 Å². The maximum Gasteiger partial charge on any atom is 0.0897 e. The maximum atomic E-state index is 5.52. The van der Waals surface area contributed by atoms with Crippen LogP contribution in [0.2, 0.25) is 0 Å². The zero-order valence-corrected chi connectivity index (χ0v) is 11.7. The first-order valence-corrected chi connectivity index (χ1v) is 7.71. The molecule has 0 fully saturated rings. The molecule has 0 aliphatic heterocycles.